The van der Waals surface area contributed by atoms with Crippen LogP contribution in [0, 0.1) is 13.8 Å². The minimum absolute atomic E-state index is 0.118. The maximum Gasteiger partial charge on any atom is 0.256 e. The van der Waals surface area contributed by atoms with Gasteiger partial charge in [0.25, 0.3) is 5.91 Å². The number of anilines is 1. The van der Waals surface area contributed by atoms with Gasteiger partial charge < -0.3 is 5.32 Å². The average molecular weight is 399 g/mol. The molecule has 2 aromatic heterocycles. The third-order valence-corrected chi connectivity index (χ3v) is 5.85. The second-order valence-electron chi connectivity index (χ2n) is 6.86. The van der Waals surface area contributed by atoms with Gasteiger partial charge in [0.05, 0.1) is 0 Å². The summed E-state index contributed by atoms with van der Waals surface area (Å²) in [7, 11) is 0. The van der Waals surface area contributed by atoms with E-state index in [1.54, 1.807) is 4.52 Å². The van der Waals surface area contributed by atoms with Crippen LogP contribution in [0.2, 0.25) is 0 Å². The molecule has 0 aliphatic carbocycles. The maximum atomic E-state index is 12.9. The van der Waals surface area contributed by atoms with E-state index < -0.39 is 0 Å². The lowest BCUT2D eigenvalue weighted by molar-refractivity contribution is 0.102. The molecule has 29 heavy (non-hydrogen) atoms. The molecule has 0 aliphatic rings. The molecule has 0 saturated heterocycles. The average Bonchev–Trinajstić information content (AvgIpc) is 3.31. The van der Waals surface area contributed by atoms with E-state index in [2.05, 4.69) is 20.6 Å². The van der Waals surface area contributed by atoms with Crippen molar-refractivity contribution < 1.29 is 4.79 Å². The van der Waals surface area contributed by atoms with Crippen molar-refractivity contribution in [3.05, 3.63) is 77.6 Å². The number of fused-ring (bicyclic) bond motifs is 2. The minimum atomic E-state index is -0.118. The van der Waals surface area contributed by atoms with Gasteiger partial charge in [0, 0.05) is 16.8 Å². The summed E-state index contributed by atoms with van der Waals surface area (Å²) >= 11 is 1.49. The fourth-order valence-corrected chi connectivity index (χ4v) is 4.26. The van der Waals surface area contributed by atoms with Crippen molar-refractivity contribution >= 4 is 38.7 Å². The van der Waals surface area contributed by atoms with E-state index in [9.17, 15) is 4.79 Å². The van der Waals surface area contributed by atoms with Crippen LogP contribution in [0.3, 0.4) is 0 Å². The molecule has 3 aromatic carbocycles. The van der Waals surface area contributed by atoms with E-state index in [4.69, 9.17) is 0 Å². The fraction of sp³-hybridized carbons (Fsp3) is 0.0909. The number of benzene rings is 3. The van der Waals surface area contributed by atoms with Crippen LogP contribution in [-0.4, -0.2) is 25.7 Å². The molecule has 0 bridgehead atoms. The molecule has 5 rings (SSSR count). The minimum Gasteiger partial charge on any atom is -0.322 e. The molecule has 0 fully saturated rings. The van der Waals surface area contributed by atoms with Crippen LogP contribution >= 0.6 is 11.3 Å². The molecule has 1 amide bonds. The largest absolute Gasteiger partial charge is 0.322 e. The van der Waals surface area contributed by atoms with E-state index in [1.807, 2.05) is 74.5 Å². The normalized spacial score (nSPS) is 11.2. The Morgan fingerprint density at radius 1 is 1.00 bits per heavy atom. The first-order valence-corrected chi connectivity index (χ1v) is 10.0. The lowest BCUT2D eigenvalue weighted by atomic mass is 10.0. The quantitative estimate of drug-likeness (QED) is 0.470. The summed E-state index contributed by atoms with van der Waals surface area (Å²) in [6.07, 6.45) is 0. The Morgan fingerprint density at radius 2 is 1.83 bits per heavy atom. The SMILES string of the molecule is Cc1cc(-c2nn3c(C)nnc3s2)ccc1NC(=O)c1cccc2ccccc12. The molecular weight excluding hydrogens is 382 g/mol. The van der Waals surface area contributed by atoms with E-state index in [0.717, 1.165) is 43.4 Å². The molecule has 142 valence electrons. The summed E-state index contributed by atoms with van der Waals surface area (Å²) in [4.78, 5) is 13.7. The Balaban J connectivity index is 1.45. The van der Waals surface area contributed by atoms with Gasteiger partial charge in [0.2, 0.25) is 4.96 Å². The lowest BCUT2D eigenvalue weighted by Gasteiger charge is -2.11. The number of nitrogens with one attached hydrogen (secondary N) is 1. The highest BCUT2D eigenvalue weighted by Gasteiger charge is 2.14. The summed E-state index contributed by atoms with van der Waals surface area (Å²) in [6.45, 7) is 3.86. The molecule has 2 heterocycles. The van der Waals surface area contributed by atoms with Gasteiger partial charge in [-0.1, -0.05) is 47.7 Å². The van der Waals surface area contributed by atoms with Gasteiger partial charge in [0.1, 0.15) is 5.01 Å². The van der Waals surface area contributed by atoms with Crippen molar-refractivity contribution in [1.82, 2.24) is 19.8 Å². The van der Waals surface area contributed by atoms with Crippen molar-refractivity contribution in [2.45, 2.75) is 13.8 Å². The monoisotopic (exact) mass is 399 g/mol. The highest BCUT2D eigenvalue weighted by atomic mass is 32.1. The summed E-state index contributed by atoms with van der Waals surface area (Å²) in [5.41, 5.74) is 3.40. The van der Waals surface area contributed by atoms with Gasteiger partial charge in [-0.15, -0.1) is 10.2 Å². The smallest absolute Gasteiger partial charge is 0.256 e. The molecule has 5 aromatic rings. The molecule has 0 spiro atoms. The predicted octanol–water partition coefficient (Wildman–Crippen LogP) is 4.88. The van der Waals surface area contributed by atoms with Crippen molar-refractivity contribution in [2.75, 3.05) is 5.32 Å². The number of carbonyl (C=O) groups is 1. The van der Waals surface area contributed by atoms with E-state index in [1.165, 1.54) is 11.3 Å². The molecule has 0 aliphatic heterocycles. The van der Waals surface area contributed by atoms with E-state index in [-0.39, 0.29) is 5.91 Å². The molecule has 0 radical (unpaired) electrons. The Kier molecular flexibility index (Phi) is 4.10. The number of rotatable bonds is 3. The molecule has 1 N–H and O–H groups in total. The molecular formula is C22H17N5OS. The second kappa shape index (κ2) is 6.79. The number of carbonyl (C=O) groups excluding carboxylic acids is 1. The zero-order chi connectivity index (χ0) is 20.0. The molecule has 7 heteroatoms. The van der Waals surface area contributed by atoms with Gasteiger partial charge in [-0.3, -0.25) is 4.79 Å². The first kappa shape index (κ1) is 17.5. The molecule has 0 atom stereocenters. The van der Waals surface area contributed by atoms with Crippen LogP contribution in [0.15, 0.2) is 60.7 Å². The van der Waals surface area contributed by atoms with Gasteiger partial charge in [0.15, 0.2) is 5.82 Å². The number of hydrogen-bond acceptors (Lipinski definition) is 5. The van der Waals surface area contributed by atoms with Gasteiger partial charge in [-0.25, -0.2) is 0 Å². The van der Waals surface area contributed by atoms with Crippen molar-refractivity contribution in [1.29, 1.82) is 0 Å². The van der Waals surface area contributed by atoms with Crippen LogP contribution in [-0.2, 0) is 0 Å². The highest BCUT2D eigenvalue weighted by molar-refractivity contribution is 7.19. The third kappa shape index (κ3) is 3.05. The first-order valence-electron chi connectivity index (χ1n) is 9.19. The number of nitrogens with zero attached hydrogens (tertiary/aromatic N) is 4. The van der Waals surface area contributed by atoms with E-state index >= 15 is 0 Å². The maximum absolute atomic E-state index is 12.9. The summed E-state index contributed by atoms with van der Waals surface area (Å²) < 4.78 is 1.74. The highest BCUT2D eigenvalue weighted by Crippen LogP contribution is 2.29. The van der Waals surface area contributed by atoms with Crippen LogP contribution in [0.1, 0.15) is 21.7 Å². The molecule has 0 unspecified atom stereocenters. The third-order valence-electron chi connectivity index (χ3n) is 4.90. The Morgan fingerprint density at radius 3 is 2.66 bits per heavy atom. The van der Waals surface area contributed by atoms with Gasteiger partial charge >= 0.3 is 0 Å². The zero-order valence-corrected chi connectivity index (χ0v) is 16.7. The Hall–Kier alpha value is -3.58. The van der Waals surface area contributed by atoms with Crippen LogP contribution in [0.4, 0.5) is 5.69 Å². The van der Waals surface area contributed by atoms with Crippen molar-refractivity contribution in [2.24, 2.45) is 0 Å². The van der Waals surface area contributed by atoms with Gasteiger partial charge in [-0.2, -0.15) is 9.61 Å². The zero-order valence-electron chi connectivity index (χ0n) is 15.9. The molecule has 6 nitrogen and oxygen atoms in total. The predicted molar refractivity (Wildman–Crippen MR) is 115 cm³/mol. The number of aryl methyl sites for hydroxylation is 2. The van der Waals surface area contributed by atoms with Crippen LogP contribution in [0.5, 0.6) is 0 Å². The van der Waals surface area contributed by atoms with Crippen LogP contribution in [0.25, 0.3) is 26.3 Å². The summed E-state index contributed by atoms with van der Waals surface area (Å²) in [5.74, 6) is 0.644. The first-order chi connectivity index (χ1) is 14.1. The van der Waals surface area contributed by atoms with Crippen LogP contribution < -0.4 is 5.32 Å². The number of amides is 1. The fourth-order valence-electron chi connectivity index (χ4n) is 3.38. The Bertz CT molecular complexity index is 1380. The summed E-state index contributed by atoms with van der Waals surface area (Å²) in [6, 6.07) is 19.6. The standard InChI is InChI=1S/C22H17N5OS/c1-13-12-16(21-26-27-14(2)24-25-22(27)29-21)10-11-19(13)23-20(28)18-9-5-7-15-6-3-4-8-17(15)18/h3-12H,1-2H3,(H,23,28). The lowest BCUT2D eigenvalue weighted by Crippen LogP contribution is -2.13. The van der Waals surface area contributed by atoms with Crippen molar-refractivity contribution in [3.63, 3.8) is 0 Å². The summed E-state index contributed by atoms with van der Waals surface area (Å²) in [5, 5.41) is 18.6. The molecule has 0 saturated carbocycles. The number of hydrogen-bond donors (Lipinski definition) is 1. The number of aromatic nitrogens is 4. The Labute approximate surface area is 170 Å². The second-order valence-corrected chi connectivity index (χ2v) is 7.82. The van der Waals surface area contributed by atoms with Crippen molar-refractivity contribution in [3.8, 4) is 10.6 Å². The topological polar surface area (TPSA) is 72.2 Å². The van der Waals surface area contributed by atoms with Gasteiger partial charge in [-0.05, 0) is 54.4 Å². The van der Waals surface area contributed by atoms with E-state index in [0.29, 0.717) is 5.56 Å².